The number of nitrogens with zero attached hydrogens (tertiary/aromatic N) is 1. The van der Waals surface area contributed by atoms with Crippen molar-refractivity contribution in [2.45, 2.75) is 32.2 Å². The third-order valence-electron chi connectivity index (χ3n) is 5.21. The maximum Gasteiger partial charge on any atom is 0.161 e. The van der Waals surface area contributed by atoms with Crippen molar-refractivity contribution in [2.24, 2.45) is 0 Å². The Bertz CT molecular complexity index is 727. The van der Waals surface area contributed by atoms with Crippen molar-refractivity contribution in [3.8, 4) is 17.2 Å². The van der Waals surface area contributed by atoms with E-state index in [-0.39, 0.29) is 0 Å². The lowest BCUT2D eigenvalue weighted by Crippen LogP contribution is -2.37. The van der Waals surface area contributed by atoms with Gasteiger partial charge in [-0.2, -0.15) is 0 Å². The molecule has 0 N–H and O–H groups in total. The average Bonchev–Trinajstić information content (AvgIpc) is 2.69. The van der Waals surface area contributed by atoms with Crippen molar-refractivity contribution >= 4 is 0 Å². The third-order valence-corrected chi connectivity index (χ3v) is 5.21. The zero-order chi connectivity index (χ0) is 18.5. The van der Waals surface area contributed by atoms with E-state index >= 15 is 0 Å². The highest BCUT2D eigenvalue weighted by Crippen LogP contribution is 2.39. The minimum atomic E-state index is 0.354. The summed E-state index contributed by atoms with van der Waals surface area (Å²) in [4.78, 5) is 2.60. The van der Waals surface area contributed by atoms with Crippen molar-refractivity contribution in [3.63, 3.8) is 0 Å². The predicted molar refractivity (Wildman–Crippen MR) is 105 cm³/mol. The molecule has 4 heteroatoms. The van der Waals surface area contributed by atoms with Crippen LogP contribution in [0.2, 0.25) is 0 Å². The van der Waals surface area contributed by atoms with Gasteiger partial charge in [0.05, 0.1) is 21.3 Å². The normalized spacial score (nSPS) is 16.8. The predicted octanol–water partition coefficient (Wildman–Crippen LogP) is 4.26. The molecule has 1 atom stereocenters. The van der Waals surface area contributed by atoms with Crippen molar-refractivity contribution in [2.75, 3.05) is 34.4 Å². The Morgan fingerprint density at radius 1 is 0.962 bits per heavy atom. The molecule has 26 heavy (non-hydrogen) atoms. The Labute approximate surface area is 156 Å². The second-order valence-corrected chi connectivity index (χ2v) is 6.76. The van der Waals surface area contributed by atoms with Crippen LogP contribution >= 0.6 is 0 Å². The van der Waals surface area contributed by atoms with Gasteiger partial charge in [0.2, 0.25) is 0 Å². The van der Waals surface area contributed by atoms with Gasteiger partial charge < -0.3 is 14.2 Å². The van der Waals surface area contributed by atoms with Crippen LogP contribution in [0.25, 0.3) is 0 Å². The summed E-state index contributed by atoms with van der Waals surface area (Å²) < 4.78 is 16.4. The molecule has 1 heterocycles. The number of hydrogen-bond acceptors (Lipinski definition) is 4. The van der Waals surface area contributed by atoms with E-state index < -0.39 is 0 Å². The van der Waals surface area contributed by atoms with Gasteiger partial charge in [-0.05, 0) is 66.8 Å². The van der Waals surface area contributed by atoms with Crippen LogP contribution in [0, 0.1) is 0 Å². The first-order chi connectivity index (χ1) is 12.7. The van der Waals surface area contributed by atoms with Gasteiger partial charge in [-0.3, -0.25) is 4.90 Å². The fourth-order valence-corrected chi connectivity index (χ4v) is 3.86. The topological polar surface area (TPSA) is 30.9 Å². The Hall–Kier alpha value is -2.20. The molecule has 1 unspecified atom stereocenters. The second-order valence-electron chi connectivity index (χ2n) is 6.76. The molecule has 0 saturated carbocycles. The number of hydrogen-bond donors (Lipinski definition) is 0. The Balaban J connectivity index is 1.96. The fourth-order valence-electron chi connectivity index (χ4n) is 3.86. The van der Waals surface area contributed by atoms with E-state index in [0.29, 0.717) is 6.04 Å². The summed E-state index contributed by atoms with van der Waals surface area (Å²) in [6.45, 7) is 4.43. The summed E-state index contributed by atoms with van der Waals surface area (Å²) in [6.07, 6.45) is 3.18. The molecule has 0 aromatic heterocycles. The lowest BCUT2D eigenvalue weighted by Gasteiger charge is -2.38. The van der Waals surface area contributed by atoms with Gasteiger partial charge in [-0.15, -0.1) is 0 Å². The highest BCUT2D eigenvalue weighted by Gasteiger charge is 2.28. The van der Waals surface area contributed by atoms with E-state index in [1.54, 1.807) is 21.3 Å². The molecule has 0 fully saturated rings. The molecular formula is C22H29NO3. The molecule has 0 bridgehead atoms. The van der Waals surface area contributed by atoms with E-state index in [0.717, 1.165) is 49.6 Å². The SMILES string of the molecule is CCCN1CCc2cc(OC)c(OC)cc2C1Cc1ccc(OC)cc1. The van der Waals surface area contributed by atoms with Crippen LogP contribution < -0.4 is 14.2 Å². The van der Waals surface area contributed by atoms with Gasteiger partial charge in [0.1, 0.15) is 5.75 Å². The number of fused-ring (bicyclic) bond motifs is 1. The van der Waals surface area contributed by atoms with Crippen LogP contribution in [0.5, 0.6) is 17.2 Å². The van der Waals surface area contributed by atoms with Gasteiger partial charge >= 0.3 is 0 Å². The minimum absolute atomic E-state index is 0.354. The molecule has 1 aliphatic heterocycles. The standard InChI is InChI=1S/C22H29NO3/c1-5-11-23-12-10-17-14-21(25-3)22(26-4)15-19(17)20(23)13-16-6-8-18(24-2)9-7-16/h6-9,14-15,20H,5,10-13H2,1-4H3. The first-order valence-electron chi connectivity index (χ1n) is 9.31. The van der Waals surface area contributed by atoms with Crippen LogP contribution in [0.4, 0.5) is 0 Å². The van der Waals surface area contributed by atoms with Crippen LogP contribution in [0.1, 0.15) is 36.1 Å². The van der Waals surface area contributed by atoms with E-state index in [9.17, 15) is 0 Å². The summed E-state index contributed by atoms with van der Waals surface area (Å²) >= 11 is 0. The average molecular weight is 355 g/mol. The molecule has 2 aromatic rings. The lowest BCUT2D eigenvalue weighted by molar-refractivity contribution is 0.183. The van der Waals surface area contributed by atoms with Crippen LogP contribution in [0.3, 0.4) is 0 Å². The summed E-state index contributed by atoms with van der Waals surface area (Å²) in [7, 11) is 5.11. The zero-order valence-corrected chi connectivity index (χ0v) is 16.2. The molecule has 0 aliphatic carbocycles. The molecule has 2 aromatic carbocycles. The van der Waals surface area contributed by atoms with Gasteiger partial charge in [-0.1, -0.05) is 19.1 Å². The van der Waals surface area contributed by atoms with E-state index in [1.807, 2.05) is 12.1 Å². The van der Waals surface area contributed by atoms with E-state index in [2.05, 4.69) is 36.1 Å². The van der Waals surface area contributed by atoms with Crippen molar-refractivity contribution in [1.29, 1.82) is 0 Å². The number of rotatable bonds is 7. The van der Waals surface area contributed by atoms with Gasteiger partial charge in [0.15, 0.2) is 11.5 Å². The van der Waals surface area contributed by atoms with Gasteiger partial charge in [0.25, 0.3) is 0 Å². The van der Waals surface area contributed by atoms with E-state index in [4.69, 9.17) is 14.2 Å². The van der Waals surface area contributed by atoms with Crippen molar-refractivity contribution in [3.05, 3.63) is 53.1 Å². The maximum atomic E-state index is 5.57. The van der Waals surface area contributed by atoms with Crippen LogP contribution in [-0.4, -0.2) is 39.3 Å². The molecule has 0 saturated heterocycles. The maximum absolute atomic E-state index is 5.57. The largest absolute Gasteiger partial charge is 0.497 e. The highest BCUT2D eigenvalue weighted by atomic mass is 16.5. The summed E-state index contributed by atoms with van der Waals surface area (Å²) in [5, 5.41) is 0. The fraction of sp³-hybridized carbons (Fsp3) is 0.455. The van der Waals surface area contributed by atoms with Crippen molar-refractivity contribution in [1.82, 2.24) is 4.90 Å². The second kappa shape index (κ2) is 8.45. The highest BCUT2D eigenvalue weighted by molar-refractivity contribution is 5.50. The Kier molecular flexibility index (Phi) is 6.04. The summed E-state index contributed by atoms with van der Waals surface area (Å²) in [5.41, 5.74) is 4.05. The molecule has 3 rings (SSSR count). The quantitative estimate of drug-likeness (QED) is 0.742. The van der Waals surface area contributed by atoms with Gasteiger partial charge in [0, 0.05) is 12.6 Å². The summed E-state index contributed by atoms with van der Waals surface area (Å²) in [5.74, 6) is 2.53. The molecule has 4 nitrogen and oxygen atoms in total. The molecule has 0 radical (unpaired) electrons. The third kappa shape index (κ3) is 3.80. The Morgan fingerprint density at radius 2 is 1.65 bits per heavy atom. The lowest BCUT2D eigenvalue weighted by atomic mass is 9.88. The molecule has 140 valence electrons. The number of benzene rings is 2. The number of methoxy groups -OCH3 is 3. The molecular weight excluding hydrogens is 326 g/mol. The Morgan fingerprint density at radius 3 is 2.27 bits per heavy atom. The van der Waals surface area contributed by atoms with Crippen LogP contribution in [0.15, 0.2) is 36.4 Å². The first kappa shape index (κ1) is 18.6. The molecule has 0 amide bonds. The molecule has 1 aliphatic rings. The first-order valence-corrected chi connectivity index (χ1v) is 9.31. The van der Waals surface area contributed by atoms with Crippen LogP contribution in [-0.2, 0) is 12.8 Å². The minimum Gasteiger partial charge on any atom is -0.497 e. The summed E-state index contributed by atoms with van der Waals surface area (Å²) in [6, 6.07) is 13.1. The van der Waals surface area contributed by atoms with Gasteiger partial charge in [-0.25, -0.2) is 0 Å². The van der Waals surface area contributed by atoms with E-state index in [1.165, 1.54) is 16.7 Å². The van der Waals surface area contributed by atoms with Crippen molar-refractivity contribution < 1.29 is 14.2 Å². The monoisotopic (exact) mass is 355 g/mol. The zero-order valence-electron chi connectivity index (χ0n) is 16.2. The molecule has 0 spiro atoms. The number of ether oxygens (including phenoxy) is 3. The smallest absolute Gasteiger partial charge is 0.161 e.